The third kappa shape index (κ3) is 5.00. The number of ketones is 1. The first-order valence-corrected chi connectivity index (χ1v) is 5.84. The molecule has 0 radical (unpaired) electrons. The molecule has 0 aromatic heterocycles. The molecule has 0 heterocycles. The zero-order valence-corrected chi connectivity index (χ0v) is 10.8. The van der Waals surface area contributed by atoms with Crippen molar-refractivity contribution in [2.24, 2.45) is 0 Å². The van der Waals surface area contributed by atoms with Gasteiger partial charge in [0, 0.05) is 31.5 Å². The Bertz CT molecular complexity index is 400. The van der Waals surface area contributed by atoms with E-state index in [9.17, 15) is 9.59 Å². The number of carbonyl (C=O) groups is 2. The molecule has 1 aromatic rings. The van der Waals surface area contributed by atoms with Crippen molar-refractivity contribution in [1.29, 1.82) is 0 Å². The number of rotatable bonds is 5. The number of hydrogen-bond donors (Lipinski definition) is 0. The Hall–Kier alpha value is -1.35. The number of amides is 1. The van der Waals surface area contributed by atoms with E-state index in [1.165, 1.54) is 6.92 Å². The Kier molecular flexibility index (Phi) is 5.16. The van der Waals surface area contributed by atoms with Crippen molar-refractivity contribution in [3.8, 4) is 0 Å². The lowest BCUT2D eigenvalue weighted by Crippen LogP contribution is -2.26. The minimum atomic E-state index is -0.0184. The van der Waals surface area contributed by atoms with Crippen LogP contribution in [0.3, 0.4) is 0 Å². The third-order valence-corrected chi connectivity index (χ3v) is 2.70. The van der Waals surface area contributed by atoms with Crippen LogP contribution in [0.2, 0.25) is 5.02 Å². The van der Waals surface area contributed by atoms with E-state index in [0.29, 0.717) is 18.0 Å². The van der Waals surface area contributed by atoms with Crippen LogP contribution in [0.1, 0.15) is 25.3 Å². The number of carbonyl (C=O) groups excluding carboxylic acids is 2. The highest BCUT2D eigenvalue weighted by Crippen LogP contribution is 2.11. The summed E-state index contributed by atoms with van der Waals surface area (Å²) in [5.41, 5.74) is 1.02. The molecule has 0 aliphatic rings. The van der Waals surface area contributed by atoms with Crippen LogP contribution in [-0.2, 0) is 16.1 Å². The highest BCUT2D eigenvalue weighted by Gasteiger charge is 2.09. The first-order chi connectivity index (χ1) is 7.99. The van der Waals surface area contributed by atoms with E-state index in [1.54, 1.807) is 24.1 Å². The zero-order valence-electron chi connectivity index (χ0n) is 10.1. The van der Waals surface area contributed by atoms with Gasteiger partial charge in [-0.05, 0) is 24.6 Å². The Morgan fingerprint density at radius 2 is 1.76 bits per heavy atom. The summed E-state index contributed by atoms with van der Waals surface area (Å²) in [6, 6.07) is 7.36. The largest absolute Gasteiger partial charge is 0.341 e. The first-order valence-electron chi connectivity index (χ1n) is 5.47. The molecule has 92 valence electrons. The molecule has 1 rings (SSSR count). The van der Waals surface area contributed by atoms with Gasteiger partial charge in [-0.25, -0.2) is 0 Å². The number of hydrogen-bond acceptors (Lipinski definition) is 2. The maximum atomic E-state index is 11.7. The Morgan fingerprint density at radius 1 is 1.18 bits per heavy atom. The summed E-state index contributed by atoms with van der Waals surface area (Å²) >= 11 is 5.78. The quantitative estimate of drug-likeness (QED) is 0.809. The maximum Gasteiger partial charge on any atom is 0.223 e. The van der Waals surface area contributed by atoms with Crippen molar-refractivity contribution >= 4 is 23.3 Å². The number of nitrogens with zero attached hydrogens (tertiary/aromatic N) is 1. The van der Waals surface area contributed by atoms with Gasteiger partial charge in [-0.1, -0.05) is 23.7 Å². The Labute approximate surface area is 106 Å². The van der Waals surface area contributed by atoms with Crippen LogP contribution in [-0.4, -0.2) is 23.6 Å². The molecule has 0 aliphatic heterocycles. The van der Waals surface area contributed by atoms with E-state index in [2.05, 4.69) is 0 Å². The molecule has 0 spiro atoms. The van der Waals surface area contributed by atoms with Crippen LogP contribution in [0, 0.1) is 0 Å². The van der Waals surface area contributed by atoms with Gasteiger partial charge in [0.2, 0.25) is 5.91 Å². The van der Waals surface area contributed by atoms with Crippen LogP contribution in [0.25, 0.3) is 0 Å². The molecule has 0 N–H and O–H groups in total. The summed E-state index contributed by atoms with van der Waals surface area (Å²) in [4.78, 5) is 24.1. The Morgan fingerprint density at radius 3 is 2.29 bits per heavy atom. The molecule has 0 fully saturated rings. The van der Waals surface area contributed by atoms with Crippen molar-refractivity contribution < 1.29 is 9.59 Å². The third-order valence-electron chi connectivity index (χ3n) is 2.45. The summed E-state index contributed by atoms with van der Waals surface area (Å²) < 4.78 is 0. The fourth-order valence-electron chi connectivity index (χ4n) is 1.43. The van der Waals surface area contributed by atoms with E-state index in [-0.39, 0.29) is 18.1 Å². The lowest BCUT2D eigenvalue weighted by atomic mass is 10.2. The maximum absolute atomic E-state index is 11.7. The van der Waals surface area contributed by atoms with Crippen molar-refractivity contribution in [2.75, 3.05) is 7.05 Å². The topological polar surface area (TPSA) is 37.4 Å². The fraction of sp³-hybridized carbons (Fsp3) is 0.385. The lowest BCUT2D eigenvalue weighted by molar-refractivity contribution is -0.132. The molecule has 0 aliphatic carbocycles. The zero-order chi connectivity index (χ0) is 12.8. The Balaban J connectivity index is 2.48. The molecular weight excluding hydrogens is 238 g/mol. The van der Waals surface area contributed by atoms with Gasteiger partial charge < -0.3 is 9.69 Å². The van der Waals surface area contributed by atoms with Gasteiger partial charge in [-0.2, -0.15) is 0 Å². The summed E-state index contributed by atoms with van der Waals surface area (Å²) in [5.74, 6) is 0.0217. The molecular formula is C13H16ClNO2. The summed E-state index contributed by atoms with van der Waals surface area (Å²) in [6.45, 7) is 2.03. The summed E-state index contributed by atoms with van der Waals surface area (Å²) in [7, 11) is 1.73. The predicted octanol–water partition coefficient (Wildman–Crippen LogP) is 2.67. The van der Waals surface area contributed by atoms with Gasteiger partial charge in [0.1, 0.15) is 5.78 Å². The van der Waals surface area contributed by atoms with Crippen LogP contribution in [0.15, 0.2) is 24.3 Å². The molecule has 17 heavy (non-hydrogen) atoms. The van der Waals surface area contributed by atoms with Gasteiger partial charge >= 0.3 is 0 Å². The molecule has 0 saturated carbocycles. The standard InChI is InChI=1S/C13H16ClNO2/c1-10(16)3-8-13(17)15(2)9-11-4-6-12(14)7-5-11/h4-7H,3,8-9H2,1-2H3. The first kappa shape index (κ1) is 13.7. The van der Waals surface area contributed by atoms with Crippen molar-refractivity contribution in [1.82, 2.24) is 4.90 Å². The number of benzene rings is 1. The van der Waals surface area contributed by atoms with Crippen LogP contribution < -0.4 is 0 Å². The minimum absolute atomic E-state index is 0.0184. The van der Waals surface area contributed by atoms with Gasteiger partial charge in [0.05, 0.1) is 0 Å². The van der Waals surface area contributed by atoms with Gasteiger partial charge in [-0.3, -0.25) is 4.79 Å². The second kappa shape index (κ2) is 6.40. The average Bonchev–Trinajstić information content (AvgIpc) is 2.28. The van der Waals surface area contributed by atoms with Gasteiger partial charge in [-0.15, -0.1) is 0 Å². The number of halogens is 1. The van der Waals surface area contributed by atoms with Crippen molar-refractivity contribution in [2.45, 2.75) is 26.3 Å². The SMILES string of the molecule is CC(=O)CCC(=O)N(C)Cc1ccc(Cl)cc1. The molecule has 1 aromatic carbocycles. The molecule has 0 saturated heterocycles. The molecule has 1 amide bonds. The summed E-state index contributed by atoms with van der Waals surface area (Å²) in [5, 5.41) is 0.680. The lowest BCUT2D eigenvalue weighted by Gasteiger charge is -2.17. The smallest absolute Gasteiger partial charge is 0.223 e. The second-order valence-electron chi connectivity index (χ2n) is 4.08. The van der Waals surface area contributed by atoms with Gasteiger partial charge in [0.25, 0.3) is 0 Å². The van der Waals surface area contributed by atoms with E-state index in [0.717, 1.165) is 5.56 Å². The monoisotopic (exact) mass is 253 g/mol. The average molecular weight is 254 g/mol. The van der Waals surface area contributed by atoms with Crippen molar-refractivity contribution in [3.05, 3.63) is 34.9 Å². The summed E-state index contributed by atoms with van der Waals surface area (Å²) in [6.07, 6.45) is 0.587. The van der Waals surface area contributed by atoms with E-state index in [4.69, 9.17) is 11.6 Å². The van der Waals surface area contributed by atoms with Crippen LogP contribution in [0.5, 0.6) is 0 Å². The second-order valence-corrected chi connectivity index (χ2v) is 4.51. The molecule has 3 nitrogen and oxygen atoms in total. The van der Waals surface area contributed by atoms with E-state index < -0.39 is 0 Å². The fourth-order valence-corrected chi connectivity index (χ4v) is 1.55. The molecule has 0 bridgehead atoms. The van der Waals surface area contributed by atoms with E-state index in [1.807, 2.05) is 12.1 Å². The predicted molar refractivity (Wildman–Crippen MR) is 67.8 cm³/mol. The van der Waals surface area contributed by atoms with Crippen LogP contribution in [0.4, 0.5) is 0 Å². The van der Waals surface area contributed by atoms with Crippen LogP contribution >= 0.6 is 11.6 Å². The van der Waals surface area contributed by atoms with Gasteiger partial charge in [0.15, 0.2) is 0 Å². The highest BCUT2D eigenvalue weighted by atomic mass is 35.5. The molecule has 0 unspecified atom stereocenters. The molecule has 0 atom stereocenters. The van der Waals surface area contributed by atoms with E-state index >= 15 is 0 Å². The normalized spacial score (nSPS) is 10.1. The highest BCUT2D eigenvalue weighted by molar-refractivity contribution is 6.30. The van der Waals surface area contributed by atoms with Crippen molar-refractivity contribution in [3.63, 3.8) is 0 Å². The molecule has 4 heteroatoms. The minimum Gasteiger partial charge on any atom is -0.341 e. The number of Topliss-reactive ketones (excluding diaryl/α,β-unsaturated/α-hetero) is 1.